The lowest BCUT2D eigenvalue weighted by atomic mass is 9.95. The summed E-state index contributed by atoms with van der Waals surface area (Å²) in [4.78, 5) is 25.2. The highest BCUT2D eigenvalue weighted by atomic mass is 35.5. The molecule has 176 valence electrons. The maximum Gasteiger partial charge on any atom is 0.330 e. The van der Waals surface area contributed by atoms with E-state index >= 15 is 0 Å². The Labute approximate surface area is 212 Å². The molecule has 1 aromatic heterocycles. The fourth-order valence-electron chi connectivity index (χ4n) is 4.41. The predicted molar refractivity (Wildman–Crippen MR) is 137 cm³/mol. The number of benzene rings is 3. The van der Waals surface area contributed by atoms with Crippen LogP contribution < -0.4 is 10.1 Å². The van der Waals surface area contributed by atoms with Gasteiger partial charge in [-0.3, -0.25) is 4.79 Å². The summed E-state index contributed by atoms with van der Waals surface area (Å²) in [5, 5.41) is 17.4. The second-order valence-electron chi connectivity index (χ2n) is 8.66. The number of ether oxygens (including phenoxy) is 1. The monoisotopic (exact) mass is 503 g/mol. The third kappa shape index (κ3) is 5.09. The van der Waals surface area contributed by atoms with Crippen molar-refractivity contribution in [2.24, 2.45) is 0 Å². The number of carbonyl (C=O) groups excluding carboxylic acids is 1. The number of carboxylic acid groups (broad SMARTS) is 1. The summed E-state index contributed by atoms with van der Waals surface area (Å²) < 4.78 is 5.74. The number of hydrogen-bond acceptors (Lipinski definition) is 4. The first kappa shape index (κ1) is 23.1. The fourth-order valence-corrected chi connectivity index (χ4v) is 5.09. The van der Waals surface area contributed by atoms with Gasteiger partial charge in [0.2, 0.25) is 5.91 Å². The smallest absolute Gasteiger partial charge is 0.330 e. The van der Waals surface area contributed by atoms with Crippen molar-refractivity contribution in [3.05, 3.63) is 105 Å². The average Bonchev–Trinajstić information content (AvgIpc) is 3.48. The highest BCUT2D eigenvalue weighted by Gasteiger charge is 2.45. The quantitative estimate of drug-likeness (QED) is 0.317. The van der Waals surface area contributed by atoms with Crippen LogP contribution in [0.2, 0.25) is 5.02 Å². The first-order valence-electron chi connectivity index (χ1n) is 11.1. The van der Waals surface area contributed by atoms with E-state index in [1.807, 2.05) is 71.4 Å². The van der Waals surface area contributed by atoms with Gasteiger partial charge in [-0.25, -0.2) is 4.79 Å². The van der Waals surface area contributed by atoms with Crippen LogP contribution in [-0.2, 0) is 28.9 Å². The molecule has 2 N–H and O–H groups in total. The third-order valence-corrected chi connectivity index (χ3v) is 7.09. The van der Waals surface area contributed by atoms with Crippen LogP contribution in [0.1, 0.15) is 16.7 Å². The Kier molecular flexibility index (Phi) is 6.32. The first-order valence-corrected chi connectivity index (χ1v) is 12.4. The molecule has 35 heavy (non-hydrogen) atoms. The molecule has 3 aromatic carbocycles. The van der Waals surface area contributed by atoms with E-state index in [1.54, 1.807) is 23.5 Å². The molecule has 1 aliphatic carbocycles. The Morgan fingerprint density at radius 2 is 1.63 bits per heavy atom. The van der Waals surface area contributed by atoms with Crippen molar-refractivity contribution in [2.45, 2.75) is 24.8 Å². The number of amides is 1. The molecule has 0 saturated carbocycles. The first-order chi connectivity index (χ1) is 16.9. The zero-order valence-corrected chi connectivity index (χ0v) is 20.2. The summed E-state index contributed by atoms with van der Waals surface area (Å²) in [6, 6.07) is 22.6. The van der Waals surface area contributed by atoms with Gasteiger partial charge >= 0.3 is 5.97 Å². The molecule has 4 aromatic rings. The molecule has 1 heterocycles. The molecular weight excluding hydrogens is 482 g/mol. The average molecular weight is 504 g/mol. The van der Waals surface area contributed by atoms with E-state index in [2.05, 4.69) is 5.32 Å². The summed E-state index contributed by atoms with van der Waals surface area (Å²) in [7, 11) is 0. The Hall–Kier alpha value is -3.61. The Balaban J connectivity index is 1.28. The highest BCUT2D eigenvalue weighted by Crippen LogP contribution is 2.34. The normalized spacial score (nSPS) is 16.5. The molecule has 0 spiro atoms. The van der Waals surface area contributed by atoms with Crippen LogP contribution in [0, 0.1) is 0 Å². The summed E-state index contributed by atoms with van der Waals surface area (Å²) in [6.45, 7) is 0. The van der Waals surface area contributed by atoms with Crippen molar-refractivity contribution < 1.29 is 19.4 Å². The number of carbonyl (C=O) groups is 2. The Morgan fingerprint density at radius 1 is 0.914 bits per heavy atom. The van der Waals surface area contributed by atoms with Gasteiger partial charge in [-0.15, -0.1) is 11.3 Å². The van der Waals surface area contributed by atoms with Crippen LogP contribution in [0.15, 0.2) is 83.6 Å². The SMILES string of the molecule is O=C(Cc1ccc(Oc2ccsc2)cc1)NC1(C(=O)O)Cc2ccc(-c3ccc(Cl)cc3)cc2C1. The molecule has 0 bridgehead atoms. The number of rotatable bonds is 7. The number of nitrogens with one attached hydrogen (secondary N) is 1. The van der Waals surface area contributed by atoms with E-state index in [1.165, 1.54) is 0 Å². The van der Waals surface area contributed by atoms with Crippen molar-refractivity contribution >= 4 is 34.8 Å². The van der Waals surface area contributed by atoms with Crippen LogP contribution in [-0.4, -0.2) is 22.5 Å². The lowest BCUT2D eigenvalue weighted by molar-refractivity contribution is -0.147. The zero-order valence-electron chi connectivity index (χ0n) is 18.7. The standard InChI is InChI=1S/C28H22ClNO4S/c29-23-7-5-19(6-8-23)20-3-4-21-15-28(27(32)33,16-22(21)14-20)30-26(31)13-18-1-9-24(10-2-18)34-25-11-12-35-17-25/h1-12,14,17H,13,15-16H2,(H,30,31)(H,32,33). The molecule has 1 aliphatic rings. The van der Waals surface area contributed by atoms with Gasteiger partial charge < -0.3 is 15.2 Å². The molecule has 1 unspecified atom stereocenters. The van der Waals surface area contributed by atoms with E-state index in [0.717, 1.165) is 33.6 Å². The molecule has 1 amide bonds. The van der Waals surface area contributed by atoms with Crippen LogP contribution in [0.25, 0.3) is 11.1 Å². The zero-order chi connectivity index (χ0) is 24.4. The van der Waals surface area contributed by atoms with Gasteiger partial charge in [-0.1, -0.05) is 54.1 Å². The van der Waals surface area contributed by atoms with Crippen molar-refractivity contribution in [1.82, 2.24) is 5.32 Å². The summed E-state index contributed by atoms with van der Waals surface area (Å²) in [5.74, 6) is 0.0837. The molecule has 0 saturated heterocycles. The molecule has 0 radical (unpaired) electrons. The van der Waals surface area contributed by atoms with E-state index in [4.69, 9.17) is 16.3 Å². The van der Waals surface area contributed by atoms with Gasteiger partial charge in [0.25, 0.3) is 0 Å². The van der Waals surface area contributed by atoms with Crippen molar-refractivity contribution in [1.29, 1.82) is 0 Å². The van der Waals surface area contributed by atoms with Gasteiger partial charge in [0.15, 0.2) is 0 Å². The van der Waals surface area contributed by atoms with E-state index in [9.17, 15) is 14.7 Å². The minimum Gasteiger partial charge on any atom is -0.479 e. The third-order valence-electron chi connectivity index (χ3n) is 6.18. The molecular formula is C28H22ClNO4S. The second-order valence-corrected chi connectivity index (χ2v) is 9.88. The molecule has 5 rings (SSSR count). The molecule has 0 aliphatic heterocycles. The maximum absolute atomic E-state index is 12.9. The second kappa shape index (κ2) is 9.56. The van der Waals surface area contributed by atoms with Gasteiger partial charge in [0, 0.05) is 23.2 Å². The van der Waals surface area contributed by atoms with Gasteiger partial charge in [0.05, 0.1) is 6.42 Å². The predicted octanol–water partition coefficient (Wildman–Crippen LogP) is 6.14. The van der Waals surface area contributed by atoms with Crippen molar-refractivity contribution in [3.8, 4) is 22.6 Å². The number of fused-ring (bicyclic) bond motifs is 1. The lowest BCUT2D eigenvalue weighted by Gasteiger charge is -2.25. The Morgan fingerprint density at radius 3 is 2.31 bits per heavy atom. The van der Waals surface area contributed by atoms with Gasteiger partial charge in [-0.05, 0) is 63.5 Å². The van der Waals surface area contributed by atoms with E-state index in [-0.39, 0.29) is 25.2 Å². The minimum absolute atomic E-state index is 0.0835. The maximum atomic E-state index is 12.9. The van der Waals surface area contributed by atoms with E-state index in [0.29, 0.717) is 10.8 Å². The highest BCUT2D eigenvalue weighted by molar-refractivity contribution is 7.08. The van der Waals surface area contributed by atoms with E-state index < -0.39 is 11.5 Å². The fraction of sp³-hybridized carbons (Fsp3) is 0.143. The molecule has 0 fully saturated rings. The molecule has 5 nitrogen and oxygen atoms in total. The van der Waals surface area contributed by atoms with Crippen LogP contribution in [0.3, 0.4) is 0 Å². The van der Waals surface area contributed by atoms with Crippen LogP contribution >= 0.6 is 22.9 Å². The van der Waals surface area contributed by atoms with Crippen molar-refractivity contribution in [3.63, 3.8) is 0 Å². The molecule has 7 heteroatoms. The van der Waals surface area contributed by atoms with Crippen molar-refractivity contribution in [2.75, 3.05) is 0 Å². The Bertz CT molecular complexity index is 1370. The number of thiophene rings is 1. The van der Waals surface area contributed by atoms with Crippen LogP contribution in [0.5, 0.6) is 11.5 Å². The summed E-state index contributed by atoms with van der Waals surface area (Å²) >= 11 is 7.55. The summed E-state index contributed by atoms with van der Waals surface area (Å²) in [5.41, 5.74) is 3.26. The number of halogens is 1. The minimum atomic E-state index is -1.36. The van der Waals surface area contributed by atoms with Gasteiger partial charge in [0.1, 0.15) is 17.0 Å². The number of aliphatic carboxylic acids is 1. The van der Waals surface area contributed by atoms with Crippen LogP contribution in [0.4, 0.5) is 0 Å². The number of hydrogen-bond donors (Lipinski definition) is 2. The largest absolute Gasteiger partial charge is 0.479 e. The number of carboxylic acids is 1. The lowest BCUT2D eigenvalue weighted by Crippen LogP contribution is -2.55. The topological polar surface area (TPSA) is 75.6 Å². The summed E-state index contributed by atoms with van der Waals surface area (Å²) in [6.07, 6.45) is 0.566. The molecule has 1 atom stereocenters. The van der Waals surface area contributed by atoms with Gasteiger partial charge in [-0.2, -0.15) is 0 Å².